The minimum Gasteiger partial charge on any atom is -0.322 e. The van der Waals surface area contributed by atoms with E-state index in [1.54, 1.807) is 11.9 Å². The topological polar surface area (TPSA) is 38.8 Å². The van der Waals surface area contributed by atoms with Gasteiger partial charge in [-0.15, -0.1) is 11.8 Å². The van der Waals surface area contributed by atoms with Gasteiger partial charge in [-0.1, -0.05) is 56.7 Å². The molecule has 37 heavy (non-hydrogen) atoms. The Kier molecular flexibility index (Phi) is 13.2. The van der Waals surface area contributed by atoms with Crippen molar-refractivity contribution >= 4 is 41.0 Å². The number of nitrogens with one attached hydrogen (secondary N) is 1. The molecule has 1 aliphatic heterocycles. The van der Waals surface area contributed by atoms with E-state index < -0.39 is 0 Å². The number of unbranched alkanes of at least 4 members (excludes halogenated alkanes) is 4. The van der Waals surface area contributed by atoms with Crippen molar-refractivity contribution in [2.45, 2.75) is 62.8 Å². The normalized spacial score (nSPS) is 16.1. The Labute approximate surface area is 233 Å². The number of piperazine rings is 1. The van der Waals surface area contributed by atoms with Gasteiger partial charge in [0.25, 0.3) is 5.91 Å². The summed E-state index contributed by atoms with van der Waals surface area (Å²) in [4.78, 5) is 19.0. The third-order valence-corrected chi connectivity index (χ3v) is 8.83. The molecule has 1 amide bonds. The number of nitrogens with zero attached hydrogens (tertiary/aromatic N) is 3. The maximum Gasteiger partial charge on any atom is 0.257 e. The molecular weight excluding hydrogens is 496 g/mol. The summed E-state index contributed by atoms with van der Waals surface area (Å²) in [6, 6.07) is 16.8. The van der Waals surface area contributed by atoms with Crippen LogP contribution in [-0.2, 0) is 0 Å². The predicted molar refractivity (Wildman–Crippen MR) is 164 cm³/mol. The van der Waals surface area contributed by atoms with Crippen LogP contribution in [0.2, 0.25) is 0 Å². The summed E-state index contributed by atoms with van der Waals surface area (Å²) in [5, 5.41) is 3.01. The molecule has 0 bridgehead atoms. The highest BCUT2D eigenvalue weighted by molar-refractivity contribution is 8.00. The standard InChI is InChI=1S/C22H30N2OS2.C8H16N2/c1-4-5-6-7-10-17-27-19-15-13-18(14-16-19)23-22(25)20-11-8-9-12-21(20)24(2)26-3;1-9-4-6-10(7-5-9)8-2-3-8/h8-9,11-16H,4-7,10,17H2,1-3H3,(H,23,25);8H,2-7H2,1H3. The number of thioether (sulfide) groups is 1. The molecule has 0 spiro atoms. The van der Waals surface area contributed by atoms with Crippen LogP contribution in [0.5, 0.6) is 0 Å². The number of rotatable bonds is 12. The first kappa shape index (κ1) is 29.9. The largest absolute Gasteiger partial charge is 0.322 e. The molecule has 0 aromatic heterocycles. The maximum absolute atomic E-state index is 12.7. The second kappa shape index (κ2) is 16.3. The van der Waals surface area contributed by atoms with Crippen LogP contribution < -0.4 is 9.62 Å². The molecule has 5 nitrogen and oxygen atoms in total. The number of para-hydroxylation sites is 1. The zero-order valence-electron chi connectivity index (χ0n) is 23.2. The summed E-state index contributed by atoms with van der Waals surface area (Å²) >= 11 is 3.47. The van der Waals surface area contributed by atoms with E-state index in [-0.39, 0.29) is 5.91 Å². The average Bonchev–Trinajstić information content (AvgIpc) is 3.77. The predicted octanol–water partition coefficient (Wildman–Crippen LogP) is 7.11. The van der Waals surface area contributed by atoms with E-state index in [1.807, 2.05) is 65.8 Å². The van der Waals surface area contributed by atoms with E-state index in [9.17, 15) is 4.79 Å². The number of hydrogen-bond donors (Lipinski definition) is 1. The SMILES string of the molecule is CCCCCCCSc1ccc(NC(=O)c2ccccc2N(C)SC)cc1.CN1CCN(C2CC2)CC1. The van der Waals surface area contributed by atoms with Gasteiger partial charge in [-0.25, -0.2) is 0 Å². The van der Waals surface area contributed by atoms with E-state index in [0.717, 1.165) is 23.2 Å². The van der Waals surface area contributed by atoms with Crippen molar-refractivity contribution in [2.24, 2.45) is 0 Å². The maximum atomic E-state index is 12.7. The van der Waals surface area contributed by atoms with E-state index in [0.29, 0.717) is 5.56 Å². The Hall–Kier alpha value is -1.67. The average molecular weight is 543 g/mol. The molecule has 7 heteroatoms. The molecule has 204 valence electrons. The fourth-order valence-corrected chi connectivity index (χ4v) is 5.66. The van der Waals surface area contributed by atoms with Gasteiger partial charge in [-0.05, 0) is 68.5 Å². The van der Waals surface area contributed by atoms with Gasteiger partial charge in [-0.2, -0.15) is 0 Å². The number of hydrogen-bond acceptors (Lipinski definition) is 6. The van der Waals surface area contributed by atoms with Crippen LogP contribution in [0.1, 0.15) is 62.2 Å². The first-order chi connectivity index (χ1) is 18.0. The van der Waals surface area contributed by atoms with Crippen LogP contribution in [0.3, 0.4) is 0 Å². The Morgan fingerprint density at radius 1 is 0.973 bits per heavy atom. The van der Waals surface area contributed by atoms with Gasteiger partial charge < -0.3 is 14.5 Å². The highest BCUT2D eigenvalue weighted by Gasteiger charge is 2.30. The summed E-state index contributed by atoms with van der Waals surface area (Å²) < 4.78 is 2.00. The van der Waals surface area contributed by atoms with Gasteiger partial charge in [0.2, 0.25) is 0 Å². The van der Waals surface area contributed by atoms with Crippen molar-refractivity contribution in [3.63, 3.8) is 0 Å². The van der Waals surface area contributed by atoms with Crippen molar-refractivity contribution in [1.29, 1.82) is 0 Å². The van der Waals surface area contributed by atoms with Gasteiger partial charge in [0, 0.05) is 56.1 Å². The highest BCUT2D eigenvalue weighted by Crippen LogP contribution is 2.27. The molecule has 1 N–H and O–H groups in total. The summed E-state index contributed by atoms with van der Waals surface area (Å²) in [6.07, 6.45) is 11.5. The van der Waals surface area contributed by atoms with Crippen LogP contribution >= 0.6 is 23.7 Å². The summed E-state index contributed by atoms with van der Waals surface area (Å²) in [6.45, 7) is 7.41. The van der Waals surface area contributed by atoms with Crippen LogP contribution in [0.15, 0.2) is 53.4 Å². The van der Waals surface area contributed by atoms with E-state index in [1.165, 1.54) is 76.0 Å². The number of anilines is 2. The molecule has 4 rings (SSSR count). The number of carbonyl (C=O) groups is 1. The first-order valence-corrected chi connectivity index (χ1v) is 16.0. The minimum absolute atomic E-state index is 0.0807. The minimum atomic E-state index is -0.0807. The Morgan fingerprint density at radius 2 is 1.65 bits per heavy atom. The second-order valence-electron chi connectivity index (χ2n) is 10.0. The van der Waals surface area contributed by atoms with Gasteiger partial charge in [0.15, 0.2) is 0 Å². The van der Waals surface area contributed by atoms with Gasteiger partial charge in [0.1, 0.15) is 0 Å². The smallest absolute Gasteiger partial charge is 0.257 e. The van der Waals surface area contributed by atoms with Crippen molar-refractivity contribution < 1.29 is 4.79 Å². The number of carbonyl (C=O) groups excluding carboxylic acids is 1. The highest BCUT2D eigenvalue weighted by atomic mass is 32.2. The lowest BCUT2D eigenvalue weighted by Crippen LogP contribution is -2.45. The number of likely N-dealkylation sites (N-methyl/N-ethyl adjacent to an activating group) is 1. The van der Waals surface area contributed by atoms with Crippen LogP contribution in [-0.4, -0.2) is 74.0 Å². The van der Waals surface area contributed by atoms with Crippen molar-refractivity contribution in [2.75, 3.05) is 61.9 Å². The van der Waals surface area contributed by atoms with E-state index in [2.05, 4.69) is 41.2 Å². The summed E-state index contributed by atoms with van der Waals surface area (Å²) in [5.74, 6) is 1.08. The third-order valence-electron chi connectivity index (χ3n) is 6.99. The van der Waals surface area contributed by atoms with Crippen molar-refractivity contribution in [3.8, 4) is 0 Å². The number of benzene rings is 2. The van der Waals surface area contributed by atoms with E-state index >= 15 is 0 Å². The molecule has 1 saturated carbocycles. The van der Waals surface area contributed by atoms with Crippen LogP contribution in [0.25, 0.3) is 0 Å². The fourth-order valence-electron chi connectivity index (χ4n) is 4.39. The third kappa shape index (κ3) is 10.5. The molecule has 2 aromatic rings. The van der Waals surface area contributed by atoms with Gasteiger partial charge >= 0.3 is 0 Å². The first-order valence-electron chi connectivity index (χ1n) is 13.9. The molecule has 2 aromatic carbocycles. The molecule has 0 unspecified atom stereocenters. The van der Waals surface area contributed by atoms with Crippen LogP contribution in [0, 0.1) is 0 Å². The molecule has 0 atom stereocenters. The van der Waals surface area contributed by atoms with Crippen LogP contribution in [0.4, 0.5) is 11.4 Å². The number of amides is 1. The molecule has 1 saturated heterocycles. The zero-order chi connectivity index (χ0) is 26.5. The molecule has 1 aliphatic carbocycles. The van der Waals surface area contributed by atoms with Crippen molar-refractivity contribution in [3.05, 3.63) is 54.1 Å². The quantitative estimate of drug-likeness (QED) is 0.175. The molecule has 2 fully saturated rings. The Morgan fingerprint density at radius 3 is 2.30 bits per heavy atom. The van der Waals surface area contributed by atoms with Crippen molar-refractivity contribution in [1.82, 2.24) is 9.80 Å². The fraction of sp³-hybridized carbons (Fsp3) is 0.567. The second-order valence-corrected chi connectivity index (χ2v) is 12.1. The lowest BCUT2D eigenvalue weighted by Gasteiger charge is -2.32. The summed E-state index contributed by atoms with van der Waals surface area (Å²) in [5.41, 5.74) is 2.42. The lowest BCUT2D eigenvalue weighted by atomic mass is 10.1. The van der Waals surface area contributed by atoms with Gasteiger partial charge in [-0.3, -0.25) is 9.69 Å². The molecular formula is C30H46N4OS2. The Balaban J connectivity index is 0.000000313. The summed E-state index contributed by atoms with van der Waals surface area (Å²) in [7, 11) is 4.18. The molecule has 1 heterocycles. The van der Waals surface area contributed by atoms with E-state index in [4.69, 9.17) is 0 Å². The Bertz CT molecular complexity index is 927. The lowest BCUT2D eigenvalue weighted by molar-refractivity contribution is 0.102. The van der Waals surface area contributed by atoms with Gasteiger partial charge in [0.05, 0.1) is 11.3 Å². The zero-order valence-corrected chi connectivity index (χ0v) is 24.9. The molecule has 0 radical (unpaired) electrons. The molecule has 2 aliphatic rings. The monoisotopic (exact) mass is 542 g/mol.